The number of hydrogen-bond acceptors (Lipinski definition) is 2. The monoisotopic (exact) mass is 352 g/mol. The molecule has 20 heavy (non-hydrogen) atoms. The molecule has 2 rings (SSSR count). The van der Waals surface area contributed by atoms with Gasteiger partial charge in [-0.15, -0.1) is 0 Å². The topological polar surface area (TPSA) is 46.3 Å². The predicted octanol–water partition coefficient (Wildman–Crippen LogP) is 4.35. The van der Waals surface area contributed by atoms with Gasteiger partial charge in [0.1, 0.15) is 0 Å². The Hall–Kier alpha value is -1.52. The summed E-state index contributed by atoms with van der Waals surface area (Å²) in [6.45, 7) is 2.44. The number of para-hydroxylation sites is 2. The number of carbonyl (C=O) groups is 1. The Kier molecular flexibility index (Phi) is 4.68. The quantitative estimate of drug-likeness (QED) is 0.834. The zero-order chi connectivity index (χ0) is 14.7. The van der Waals surface area contributed by atoms with Gasteiger partial charge in [-0.05, 0) is 53.2 Å². The molecule has 0 aliphatic carbocycles. The molecule has 3 nitrogen and oxygen atoms in total. The van der Waals surface area contributed by atoms with Crippen LogP contribution in [0, 0.1) is 0 Å². The van der Waals surface area contributed by atoms with Crippen LogP contribution in [0.2, 0.25) is 5.02 Å². The first-order chi connectivity index (χ1) is 9.54. The normalized spacial score (nSPS) is 10.3. The smallest absolute Gasteiger partial charge is 0.258 e. The third-order valence-electron chi connectivity index (χ3n) is 2.96. The third-order valence-corrected chi connectivity index (χ3v) is 4.19. The van der Waals surface area contributed by atoms with Crippen molar-refractivity contribution in [3.05, 3.63) is 57.5 Å². The molecule has 0 saturated carbocycles. The van der Waals surface area contributed by atoms with Crippen LogP contribution < -0.4 is 10.6 Å². The Labute approximate surface area is 131 Å². The van der Waals surface area contributed by atoms with Crippen molar-refractivity contribution in [2.45, 2.75) is 6.92 Å². The first-order valence-corrected chi connectivity index (χ1v) is 7.33. The van der Waals surface area contributed by atoms with Crippen LogP contribution in [-0.4, -0.2) is 12.5 Å². The predicted molar refractivity (Wildman–Crippen MR) is 87.4 cm³/mol. The maximum absolute atomic E-state index is 12.6. The molecule has 0 heterocycles. The molecule has 2 aromatic rings. The van der Waals surface area contributed by atoms with Crippen molar-refractivity contribution < 1.29 is 4.79 Å². The number of nitrogen functional groups attached to an aromatic ring is 1. The third kappa shape index (κ3) is 2.97. The fraction of sp³-hybridized carbons (Fsp3) is 0.133. The van der Waals surface area contributed by atoms with Crippen molar-refractivity contribution in [3.63, 3.8) is 0 Å². The van der Waals surface area contributed by atoms with Crippen LogP contribution in [-0.2, 0) is 0 Å². The second kappa shape index (κ2) is 6.29. The number of nitrogens with zero attached hydrogens (tertiary/aromatic N) is 1. The summed E-state index contributed by atoms with van der Waals surface area (Å²) in [5.41, 5.74) is 7.75. The summed E-state index contributed by atoms with van der Waals surface area (Å²) in [5.74, 6) is -0.125. The van der Waals surface area contributed by atoms with Gasteiger partial charge in [-0.25, -0.2) is 0 Å². The van der Waals surface area contributed by atoms with Crippen molar-refractivity contribution in [1.29, 1.82) is 0 Å². The van der Waals surface area contributed by atoms with Gasteiger partial charge in [-0.2, -0.15) is 0 Å². The fourth-order valence-corrected chi connectivity index (χ4v) is 2.37. The molecular weight excluding hydrogens is 340 g/mol. The van der Waals surface area contributed by atoms with Gasteiger partial charge in [0.25, 0.3) is 5.91 Å². The average Bonchev–Trinajstić information content (AvgIpc) is 2.44. The standard InChI is InChI=1S/C15H14BrClN2O/c1-2-19(14-6-4-3-5-13(14)18)15(20)10-7-8-11(16)12(17)9-10/h3-9H,2,18H2,1H3. The lowest BCUT2D eigenvalue weighted by atomic mass is 10.1. The maximum Gasteiger partial charge on any atom is 0.258 e. The summed E-state index contributed by atoms with van der Waals surface area (Å²) in [6, 6.07) is 12.5. The van der Waals surface area contributed by atoms with Gasteiger partial charge >= 0.3 is 0 Å². The minimum absolute atomic E-state index is 0.125. The van der Waals surface area contributed by atoms with E-state index in [0.717, 1.165) is 4.47 Å². The van der Waals surface area contributed by atoms with E-state index in [-0.39, 0.29) is 5.91 Å². The number of rotatable bonds is 3. The van der Waals surface area contributed by atoms with Gasteiger partial charge in [0.05, 0.1) is 16.4 Å². The van der Waals surface area contributed by atoms with Crippen LogP contribution in [0.25, 0.3) is 0 Å². The van der Waals surface area contributed by atoms with E-state index >= 15 is 0 Å². The van der Waals surface area contributed by atoms with E-state index in [9.17, 15) is 4.79 Å². The lowest BCUT2D eigenvalue weighted by molar-refractivity contribution is 0.0988. The molecule has 0 bridgehead atoms. The molecule has 0 saturated heterocycles. The number of carbonyl (C=O) groups excluding carboxylic acids is 1. The van der Waals surface area contributed by atoms with Gasteiger partial charge in [-0.1, -0.05) is 23.7 Å². The van der Waals surface area contributed by atoms with Crippen LogP contribution in [0.15, 0.2) is 46.9 Å². The molecule has 0 aromatic heterocycles. The average molecular weight is 354 g/mol. The van der Waals surface area contributed by atoms with E-state index in [0.29, 0.717) is 28.5 Å². The first-order valence-electron chi connectivity index (χ1n) is 6.16. The maximum atomic E-state index is 12.6. The van der Waals surface area contributed by atoms with Crippen LogP contribution in [0.5, 0.6) is 0 Å². The molecule has 2 N–H and O–H groups in total. The molecular formula is C15H14BrClN2O. The Balaban J connectivity index is 2.39. The molecule has 104 valence electrons. The van der Waals surface area contributed by atoms with Gasteiger partial charge in [-0.3, -0.25) is 4.79 Å². The zero-order valence-electron chi connectivity index (χ0n) is 10.9. The van der Waals surface area contributed by atoms with Crippen molar-refractivity contribution in [1.82, 2.24) is 0 Å². The summed E-state index contributed by atoms with van der Waals surface area (Å²) >= 11 is 9.35. The van der Waals surface area contributed by atoms with Crippen LogP contribution in [0.3, 0.4) is 0 Å². The number of amides is 1. The molecule has 0 fully saturated rings. The first kappa shape index (κ1) is 14.9. The van der Waals surface area contributed by atoms with E-state index in [2.05, 4.69) is 15.9 Å². The highest BCUT2D eigenvalue weighted by Gasteiger charge is 2.18. The molecule has 5 heteroatoms. The minimum atomic E-state index is -0.125. The highest BCUT2D eigenvalue weighted by atomic mass is 79.9. The van der Waals surface area contributed by atoms with Gasteiger partial charge < -0.3 is 10.6 Å². The van der Waals surface area contributed by atoms with Gasteiger partial charge in [0.15, 0.2) is 0 Å². The van der Waals surface area contributed by atoms with Crippen LogP contribution in [0.4, 0.5) is 11.4 Å². The Morgan fingerprint density at radius 1 is 1.30 bits per heavy atom. The van der Waals surface area contributed by atoms with E-state index in [1.165, 1.54) is 0 Å². The highest BCUT2D eigenvalue weighted by molar-refractivity contribution is 9.10. The summed E-state index contributed by atoms with van der Waals surface area (Å²) < 4.78 is 0.762. The van der Waals surface area contributed by atoms with E-state index in [1.54, 1.807) is 29.2 Å². The number of benzene rings is 2. The summed E-state index contributed by atoms with van der Waals surface area (Å²) in [7, 11) is 0. The Bertz CT molecular complexity index is 646. The molecule has 2 aromatic carbocycles. The lowest BCUT2D eigenvalue weighted by Crippen LogP contribution is -2.31. The second-order valence-corrected chi connectivity index (χ2v) is 5.50. The number of halogens is 2. The SMILES string of the molecule is CCN(C(=O)c1ccc(Br)c(Cl)c1)c1ccccc1N. The highest BCUT2D eigenvalue weighted by Crippen LogP contribution is 2.27. The Morgan fingerprint density at radius 3 is 2.60 bits per heavy atom. The second-order valence-electron chi connectivity index (χ2n) is 4.24. The zero-order valence-corrected chi connectivity index (χ0v) is 13.3. The van der Waals surface area contributed by atoms with Crippen LogP contribution in [0.1, 0.15) is 17.3 Å². The van der Waals surface area contributed by atoms with Gasteiger partial charge in [0, 0.05) is 16.6 Å². The van der Waals surface area contributed by atoms with Crippen LogP contribution >= 0.6 is 27.5 Å². The summed E-state index contributed by atoms with van der Waals surface area (Å²) in [6.07, 6.45) is 0. The molecule has 1 amide bonds. The molecule has 0 spiro atoms. The van der Waals surface area contributed by atoms with Gasteiger partial charge in [0.2, 0.25) is 0 Å². The summed E-state index contributed by atoms with van der Waals surface area (Å²) in [4.78, 5) is 14.2. The van der Waals surface area contributed by atoms with E-state index < -0.39 is 0 Å². The number of hydrogen-bond donors (Lipinski definition) is 1. The number of nitrogens with two attached hydrogens (primary N) is 1. The molecule has 0 atom stereocenters. The lowest BCUT2D eigenvalue weighted by Gasteiger charge is -2.22. The minimum Gasteiger partial charge on any atom is -0.397 e. The molecule has 0 unspecified atom stereocenters. The molecule has 0 aliphatic rings. The van der Waals surface area contributed by atoms with Crippen molar-refractivity contribution >= 4 is 44.8 Å². The largest absolute Gasteiger partial charge is 0.397 e. The molecule has 0 radical (unpaired) electrons. The van der Waals surface area contributed by atoms with Crippen molar-refractivity contribution in [2.75, 3.05) is 17.2 Å². The molecule has 0 aliphatic heterocycles. The fourth-order valence-electron chi connectivity index (χ4n) is 1.94. The number of anilines is 2. The van der Waals surface area contributed by atoms with Crippen molar-refractivity contribution in [3.8, 4) is 0 Å². The van der Waals surface area contributed by atoms with Crippen molar-refractivity contribution in [2.24, 2.45) is 0 Å². The Morgan fingerprint density at radius 2 is 2.00 bits per heavy atom. The summed E-state index contributed by atoms with van der Waals surface area (Å²) in [5, 5.41) is 0.507. The van der Waals surface area contributed by atoms with E-state index in [1.807, 2.05) is 25.1 Å². The van der Waals surface area contributed by atoms with E-state index in [4.69, 9.17) is 17.3 Å².